The lowest BCUT2D eigenvalue weighted by Gasteiger charge is -2.15. The van der Waals surface area contributed by atoms with Crippen LogP contribution in [0.1, 0.15) is 16.3 Å². The molecule has 6 nitrogen and oxygen atoms in total. The van der Waals surface area contributed by atoms with Crippen LogP contribution in [-0.4, -0.2) is 38.8 Å². The zero-order valence-electron chi connectivity index (χ0n) is 14.9. The number of aliphatic imine (C=N–C) groups is 1. The van der Waals surface area contributed by atoms with Crippen LogP contribution in [0.3, 0.4) is 0 Å². The van der Waals surface area contributed by atoms with Crippen LogP contribution in [0.4, 0.5) is 0 Å². The number of rotatable bonds is 7. The number of nitrogens with one attached hydrogen (secondary N) is 2. The van der Waals surface area contributed by atoms with Gasteiger partial charge >= 0.3 is 0 Å². The SMILES string of the molecule is CN=C(NCCc1csc(C)n1)NCc1cc(OC)c(OC)cc1Br. The molecule has 25 heavy (non-hydrogen) atoms. The Balaban J connectivity index is 1.90. The van der Waals surface area contributed by atoms with Crippen molar-refractivity contribution in [1.82, 2.24) is 15.6 Å². The Hall–Kier alpha value is -1.80. The van der Waals surface area contributed by atoms with Gasteiger partial charge in [0.1, 0.15) is 0 Å². The normalized spacial score (nSPS) is 11.3. The van der Waals surface area contributed by atoms with Crippen molar-refractivity contribution in [2.45, 2.75) is 19.9 Å². The van der Waals surface area contributed by atoms with E-state index >= 15 is 0 Å². The predicted octanol–water partition coefficient (Wildman–Crippen LogP) is 3.14. The number of nitrogens with zero attached hydrogens (tertiary/aromatic N) is 2. The molecule has 1 heterocycles. The zero-order chi connectivity index (χ0) is 18.2. The van der Waals surface area contributed by atoms with Gasteiger partial charge in [-0.25, -0.2) is 4.98 Å². The first kappa shape index (κ1) is 19.5. The van der Waals surface area contributed by atoms with Crippen molar-refractivity contribution in [3.63, 3.8) is 0 Å². The summed E-state index contributed by atoms with van der Waals surface area (Å²) in [6.07, 6.45) is 0.866. The maximum absolute atomic E-state index is 5.36. The van der Waals surface area contributed by atoms with Gasteiger partial charge in [0, 0.05) is 36.4 Å². The lowest BCUT2D eigenvalue weighted by atomic mass is 10.2. The van der Waals surface area contributed by atoms with Crippen LogP contribution in [0.5, 0.6) is 11.5 Å². The monoisotopic (exact) mass is 426 g/mol. The van der Waals surface area contributed by atoms with Gasteiger partial charge in [-0.1, -0.05) is 15.9 Å². The number of benzene rings is 1. The maximum atomic E-state index is 5.36. The summed E-state index contributed by atoms with van der Waals surface area (Å²) >= 11 is 5.24. The summed E-state index contributed by atoms with van der Waals surface area (Å²) in [6.45, 7) is 3.40. The van der Waals surface area contributed by atoms with E-state index in [2.05, 4.69) is 41.9 Å². The maximum Gasteiger partial charge on any atom is 0.191 e. The summed E-state index contributed by atoms with van der Waals surface area (Å²) in [6, 6.07) is 3.85. The number of hydrogen-bond acceptors (Lipinski definition) is 5. The second-order valence-electron chi connectivity index (χ2n) is 5.26. The molecule has 8 heteroatoms. The summed E-state index contributed by atoms with van der Waals surface area (Å²) in [4.78, 5) is 8.71. The van der Waals surface area contributed by atoms with Crippen molar-refractivity contribution in [3.8, 4) is 11.5 Å². The van der Waals surface area contributed by atoms with Gasteiger partial charge < -0.3 is 20.1 Å². The van der Waals surface area contributed by atoms with Gasteiger partial charge in [0.05, 0.1) is 24.9 Å². The molecule has 1 aromatic carbocycles. The highest BCUT2D eigenvalue weighted by atomic mass is 79.9. The van der Waals surface area contributed by atoms with Crippen LogP contribution in [0.25, 0.3) is 0 Å². The molecule has 136 valence electrons. The van der Waals surface area contributed by atoms with E-state index in [1.165, 1.54) is 0 Å². The van der Waals surface area contributed by atoms with Crippen molar-refractivity contribution in [2.24, 2.45) is 4.99 Å². The fourth-order valence-electron chi connectivity index (χ4n) is 2.26. The van der Waals surface area contributed by atoms with E-state index in [0.717, 1.165) is 39.7 Å². The topological polar surface area (TPSA) is 67.8 Å². The van der Waals surface area contributed by atoms with Crippen molar-refractivity contribution < 1.29 is 9.47 Å². The van der Waals surface area contributed by atoms with Gasteiger partial charge in [0.2, 0.25) is 0 Å². The molecule has 2 rings (SSSR count). The third kappa shape index (κ3) is 5.61. The molecule has 0 aliphatic carbocycles. The van der Waals surface area contributed by atoms with E-state index in [4.69, 9.17) is 9.47 Å². The van der Waals surface area contributed by atoms with Gasteiger partial charge in [-0.2, -0.15) is 0 Å². The van der Waals surface area contributed by atoms with E-state index < -0.39 is 0 Å². The molecule has 1 aromatic heterocycles. The zero-order valence-corrected chi connectivity index (χ0v) is 17.3. The molecule has 0 unspecified atom stereocenters. The Morgan fingerprint density at radius 2 is 1.96 bits per heavy atom. The fraction of sp³-hybridized carbons (Fsp3) is 0.412. The molecule has 0 aliphatic rings. The fourth-order valence-corrected chi connectivity index (χ4v) is 3.37. The molecule has 2 aromatic rings. The van der Waals surface area contributed by atoms with Gasteiger partial charge in [-0.05, 0) is 24.6 Å². The first-order valence-electron chi connectivity index (χ1n) is 7.83. The molecule has 0 saturated carbocycles. The Kier molecular flexibility index (Phi) is 7.52. The van der Waals surface area contributed by atoms with Crippen molar-refractivity contribution in [2.75, 3.05) is 27.8 Å². The first-order chi connectivity index (χ1) is 12.1. The Labute approximate surface area is 160 Å². The lowest BCUT2D eigenvalue weighted by Crippen LogP contribution is -2.38. The number of methoxy groups -OCH3 is 2. The van der Waals surface area contributed by atoms with Crippen LogP contribution < -0.4 is 20.1 Å². The van der Waals surface area contributed by atoms with Crippen molar-refractivity contribution in [1.29, 1.82) is 0 Å². The lowest BCUT2D eigenvalue weighted by molar-refractivity contribution is 0.354. The third-order valence-corrected chi connectivity index (χ3v) is 5.12. The summed E-state index contributed by atoms with van der Waals surface area (Å²) in [5, 5.41) is 9.79. The molecule has 0 amide bonds. The third-order valence-electron chi connectivity index (χ3n) is 3.56. The standard InChI is InChI=1S/C17H23BrN4O2S/c1-11-22-13(10-25-11)5-6-20-17(19-2)21-9-12-7-15(23-3)16(24-4)8-14(12)18/h7-8,10H,5-6,9H2,1-4H3,(H2,19,20,21). The van der Waals surface area contributed by atoms with E-state index in [1.807, 2.05) is 19.1 Å². The number of hydrogen-bond donors (Lipinski definition) is 2. The summed E-state index contributed by atoms with van der Waals surface area (Å²) in [5.41, 5.74) is 2.16. The minimum absolute atomic E-state index is 0.608. The van der Waals surface area contributed by atoms with Crippen LogP contribution in [0, 0.1) is 6.92 Å². The van der Waals surface area contributed by atoms with Crippen LogP contribution >= 0.6 is 27.3 Å². The highest BCUT2D eigenvalue weighted by Gasteiger charge is 2.10. The molecule has 0 saturated heterocycles. The highest BCUT2D eigenvalue weighted by molar-refractivity contribution is 9.10. The Morgan fingerprint density at radius 3 is 2.56 bits per heavy atom. The first-order valence-corrected chi connectivity index (χ1v) is 9.50. The van der Waals surface area contributed by atoms with Gasteiger partial charge in [0.25, 0.3) is 0 Å². The quantitative estimate of drug-likeness (QED) is 0.525. The molecule has 0 aliphatic heterocycles. The number of ether oxygens (including phenoxy) is 2. The van der Waals surface area contributed by atoms with Gasteiger partial charge in [-0.15, -0.1) is 11.3 Å². The van der Waals surface area contributed by atoms with Gasteiger partial charge in [-0.3, -0.25) is 4.99 Å². The molecule has 0 fully saturated rings. The Bertz CT molecular complexity index is 733. The average Bonchev–Trinajstić information content (AvgIpc) is 3.03. The second kappa shape index (κ2) is 9.62. The van der Waals surface area contributed by atoms with Crippen LogP contribution in [0.2, 0.25) is 0 Å². The minimum Gasteiger partial charge on any atom is -0.493 e. The number of thiazole rings is 1. The van der Waals surface area contributed by atoms with E-state index in [1.54, 1.807) is 32.6 Å². The number of aryl methyl sites for hydroxylation is 1. The average molecular weight is 427 g/mol. The molecular formula is C17H23BrN4O2S. The molecule has 0 spiro atoms. The molecule has 0 bridgehead atoms. The smallest absolute Gasteiger partial charge is 0.191 e. The molecule has 2 N–H and O–H groups in total. The van der Waals surface area contributed by atoms with E-state index in [9.17, 15) is 0 Å². The highest BCUT2D eigenvalue weighted by Crippen LogP contribution is 2.33. The summed E-state index contributed by atoms with van der Waals surface area (Å²) in [5.74, 6) is 2.14. The van der Waals surface area contributed by atoms with E-state index in [0.29, 0.717) is 18.0 Å². The molecular weight excluding hydrogens is 404 g/mol. The second-order valence-corrected chi connectivity index (χ2v) is 7.18. The largest absolute Gasteiger partial charge is 0.493 e. The van der Waals surface area contributed by atoms with Crippen LogP contribution in [0.15, 0.2) is 27.0 Å². The minimum atomic E-state index is 0.608. The van der Waals surface area contributed by atoms with Crippen molar-refractivity contribution >= 4 is 33.2 Å². The molecule has 0 atom stereocenters. The summed E-state index contributed by atoms with van der Waals surface area (Å²) < 4.78 is 11.6. The molecule has 0 radical (unpaired) electrons. The number of halogens is 1. The predicted molar refractivity (Wildman–Crippen MR) is 106 cm³/mol. The number of aromatic nitrogens is 1. The van der Waals surface area contributed by atoms with Crippen LogP contribution in [-0.2, 0) is 13.0 Å². The van der Waals surface area contributed by atoms with Gasteiger partial charge in [0.15, 0.2) is 17.5 Å². The van der Waals surface area contributed by atoms with E-state index in [-0.39, 0.29) is 0 Å². The number of guanidine groups is 1. The Morgan fingerprint density at radius 1 is 1.24 bits per heavy atom. The summed E-state index contributed by atoms with van der Waals surface area (Å²) in [7, 11) is 5.01. The van der Waals surface area contributed by atoms with Crippen molar-refractivity contribution in [3.05, 3.63) is 38.3 Å².